The molecule has 0 saturated carbocycles. The van der Waals surface area contributed by atoms with Crippen molar-refractivity contribution in [2.45, 2.75) is 25.8 Å². The number of nitrogens with zero attached hydrogens (tertiary/aromatic N) is 1. The minimum absolute atomic E-state index is 0.0884. The molecule has 158 valence electrons. The highest BCUT2D eigenvalue weighted by Crippen LogP contribution is 2.22. The monoisotopic (exact) mass is 414 g/mol. The maximum atomic E-state index is 12.6. The first-order valence-electron chi connectivity index (χ1n) is 10.7. The molecular formula is C26H26N2O3. The molecule has 0 atom stereocenters. The summed E-state index contributed by atoms with van der Waals surface area (Å²) in [6.45, 7) is 2.06. The lowest BCUT2D eigenvalue weighted by atomic mass is 10.1. The van der Waals surface area contributed by atoms with E-state index in [1.165, 1.54) is 6.42 Å². The number of para-hydroxylation sites is 1. The van der Waals surface area contributed by atoms with Crippen LogP contribution in [0.25, 0.3) is 0 Å². The second-order valence-corrected chi connectivity index (χ2v) is 7.68. The highest BCUT2D eigenvalue weighted by molar-refractivity contribution is 5.95. The lowest BCUT2D eigenvalue weighted by Crippen LogP contribution is -2.35. The Hall–Kier alpha value is -3.60. The van der Waals surface area contributed by atoms with E-state index in [0.29, 0.717) is 23.4 Å². The topological polar surface area (TPSA) is 58.6 Å². The van der Waals surface area contributed by atoms with Gasteiger partial charge in [0.25, 0.3) is 11.8 Å². The molecule has 0 aliphatic carbocycles. The average molecular weight is 415 g/mol. The van der Waals surface area contributed by atoms with E-state index >= 15 is 0 Å². The maximum absolute atomic E-state index is 12.6. The van der Waals surface area contributed by atoms with E-state index in [9.17, 15) is 9.59 Å². The number of likely N-dealkylation sites (tertiary alicyclic amines) is 1. The number of hydrogen-bond acceptors (Lipinski definition) is 3. The molecule has 3 aromatic rings. The maximum Gasteiger partial charge on any atom is 0.253 e. The molecule has 0 bridgehead atoms. The van der Waals surface area contributed by atoms with Crippen molar-refractivity contribution in [3.63, 3.8) is 0 Å². The summed E-state index contributed by atoms with van der Waals surface area (Å²) in [5.74, 6) is 1.25. The molecule has 1 saturated heterocycles. The summed E-state index contributed by atoms with van der Waals surface area (Å²) in [5.41, 5.74) is 2.17. The van der Waals surface area contributed by atoms with Crippen molar-refractivity contribution in [2.24, 2.45) is 0 Å². The molecule has 4 rings (SSSR count). The zero-order valence-corrected chi connectivity index (χ0v) is 17.4. The summed E-state index contributed by atoms with van der Waals surface area (Å²) in [5, 5.41) is 2.93. The fourth-order valence-corrected chi connectivity index (χ4v) is 3.65. The van der Waals surface area contributed by atoms with Crippen LogP contribution in [0.4, 0.5) is 0 Å². The van der Waals surface area contributed by atoms with Gasteiger partial charge in [0.15, 0.2) is 0 Å². The minimum Gasteiger partial charge on any atom is -0.457 e. The van der Waals surface area contributed by atoms with Crippen molar-refractivity contribution in [1.82, 2.24) is 10.2 Å². The minimum atomic E-state index is -0.174. The van der Waals surface area contributed by atoms with Gasteiger partial charge in [-0.3, -0.25) is 9.59 Å². The molecule has 1 N–H and O–H groups in total. The molecule has 5 heteroatoms. The number of piperidine rings is 1. The van der Waals surface area contributed by atoms with Crippen LogP contribution in [0.1, 0.15) is 45.5 Å². The molecule has 5 nitrogen and oxygen atoms in total. The third kappa shape index (κ3) is 5.51. The van der Waals surface area contributed by atoms with E-state index in [-0.39, 0.29) is 11.8 Å². The molecule has 1 heterocycles. The highest BCUT2D eigenvalue weighted by Gasteiger charge is 2.18. The smallest absolute Gasteiger partial charge is 0.253 e. The van der Waals surface area contributed by atoms with Crippen LogP contribution < -0.4 is 10.1 Å². The van der Waals surface area contributed by atoms with E-state index in [1.807, 2.05) is 65.6 Å². The molecule has 0 radical (unpaired) electrons. The summed E-state index contributed by atoms with van der Waals surface area (Å²) < 4.78 is 5.80. The second kappa shape index (κ2) is 9.94. The zero-order chi connectivity index (χ0) is 21.5. The Kier molecular flexibility index (Phi) is 6.62. The molecule has 31 heavy (non-hydrogen) atoms. The number of carbonyl (C=O) groups is 2. The average Bonchev–Trinajstić information content (AvgIpc) is 2.84. The number of amides is 2. The van der Waals surface area contributed by atoms with Crippen LogP contribution in [0.2, 0.25) is 0 Å². The van der Waals surface area contributed by atoms with E-state index in [4.69, 9.17) is 4.74 Å². The first-order valence-corrected chi connectivity index (χ1v) is 10.7. The number of benzene rings is 3. The summed E-state index contributed by atoms with van der Waals surface area (Å²) in [6.07, 6.45) is 3.35. The van der Waals surface area contributed by atoms with Gasteiger partial charge in [-0.1, -0.05) is 36.4 Å². The first kappa shape index (κ1) is 20.7. The molecule has 1 aliphatic heterocycles. The number of nitrogens with one attached hydrogen (secondary N) is 1. The number of carbonyl (C=O) groups excluding carboxylic acids is 2. The standard InChI is InChI=1S/C26H26N2O3/c29-25(22-8-7-11-24(18-22)31-23-9-3-1-4-10-23)27-19-20-12-14-21(15-13-20)26(30)28-16-5-2-6-17-28/h1,3-4,7-15,18H,2,5-6,16-17,19H2,(H,27,29). The number of rotatable bonds is 6. The summed E-state index contributed by atoms with van der Waals surface area (Å²) in [6, 6.07) is 24.0. The van der Waals surface area contributed by atoms with Gasteiger partial charge in [0.05, 0.1) is 0 Å². The normalized spacial score (nSPS) is 13.5. The Bertz CT molecular complexity index is 1030. The molecular weight excluding hydrogens is 388 g/mol. The Morgan fingerprint density at radius 1 is 0.774 bits per heavy atom. The van der Waals surface area contributed by atoms with Gasteiger partial charge < -0.3 is 15.0 Å². The molecule has 0 unspecified atom stereocenters. The summed E-state index contributed by atoms with van der Waals surface area (Å²) >= 11 is 0. The van der Waals surface area contributed by atoms with Crippen LogP contribution in [0.3, 0.4) is 0 Å². The molecule has 2 amide bonds. The van der Waals surface area contributed by atoms with Crippen LogP contribution in [0, 0.1) is 0 Å². The van der Waals surface area contributed by atoms with Gasteiger partial charge in [-0.25, -0.2) is 0 Å². The summed E-state index contributed by atoms with van der Waals surface area (Å²) in [4.78, 5) is 27.1. The van der Waals surface area contributed by atoms with Crippen molar-refractivity contribution in [1.29, 1.82) is 0 Å². The van der Waals surface area contributed by atoms with Crippen molar-refractivity contribution in [3.05, 3.63) is 95.6 Å². The van der Waals surface area contributed by atoms with Gasteiger partial charge in [0, 0.05) is 30.8 Å². The number of ether oxygens (including phenoxy) is 1. The van der Waals surface area contributed by atoms with Crippen LogP contribution in [0.15, 0.2) is 78.9 Å². The largest absolute Gasteiger partial charge is 0.457 e. The quantitative estimate of drug-likeness (QED) is 0.615. The summed E-state index contributed by atoms with van der Waals surface area (Å²) in [7, 11) is 0. The fraction of sp³-hybridized carbons (Fsp3) is 0.231. The van der Waals surface area contributed by atoms with Crippen LogP contribution in [-0.4, -0.2) is 29.8 Å². The Labute approximate surface area is 182 Å². The Morgan fingerprint density at radius 2 is 1.48 bits per heavy atom. The first-order chi connectivity index (χ1) is 15.2. The van der Waals surface area contributed by atoms with E-state index in [2.05, 4.69) is 5.32 Å². The molecule has 1 fully saturated rings. The van der Waals surface area contributed by atoms with Gasteiger partial charge in [-0.15, -0.1) is 0 Å². The number of hydrogen-bond donors (Lipinski definition) is 1. The van der Waals surface area contributed by atoms with Crippen LogP contribution >= 0.6 is 0 Å². The van der Waals surface area contributed by atoms with Crippen molar-refractivity contribution < 1.29 is 14.3 Å². The lowest BCUT2D eigenvalue weighted by Gasteiger charge is -2.26. The SMILES string of the molecule is O=C(NCc1ccc(C(=O)N2CCCCC2)cc1)c1cccc(Oc2ccccc2)c1. The zero-order valence-electron chi connectivity index (χ0n) is 17.4. The van der Waals surface area contributed by atoms with Crippen LogP contribution in [-0.2, 0) is 6.54 Å². The molecule has 1 aliphatic rings. The van der Waals surface area contributed by atoms with Gasteiger partial charge in [0.2, 0.25) is 0 Å². The van der Waals surface area contributed by atoms with E-state index in [1.54, 1.807) is 18.2 Å². The van der Waals surface area contributed by atoms with Crippen molar-refractivity contribution >= 4 is 11.8 Å². The van der Waals surface area contributed by atoms with Gasteiger partial charge >= 0.3 is 0 Å². The van der Waals surface area contributed by atoms with Crippen molar-refractivity contribution in [2.75, 3.05) is 13.1 Å². The van der Waals surface area contributed by atoms with Gasteiger partial charge in [-0.2, -0.15) is 0 Å². The second-order valence-electron chi connectivity index (χ2n) is 7.68. The van der Waals surface area contributed by atoms with E-state index in [0.717, 1.165) is 37.2 Å². The third-order valence-electron chi connectivity index (χ3n) is 5.37. The predicted molar refractivity (Wildman–Crippen MR) is 120 cm³/mol. The highest BCUT2D eigenvalue weighted by atomic mass is 16.5. The predicted octanol–water partition coefficient (Wildman–Crippen LogP) is 5.04. The van der Waals surface area contributed by atoms with Crippen molar-refractivity contribution in [3.8, 4) is 11.5 Å². The van der Waals surface area contributed by atoms with Gasteiger partial charge in [0.1, 0.15) is 11.5 Å². The Morgan fingerprint density at radius 3 is 2.23 bits per heavy atom. The lowest BCUT2D eigenvalue weighted by molar-refractivity contribution is 0.0724. The molecule has 0 aromatic heterocycles. The molecule has 3 aromatic carbocycles. The third-order valence-corrected chi connectivity index (χ3v) is 5.37. The van der Waals surface area contributed by atoms with E-state index < -0.39 is 0 Å². The molecule has 0 spiro atoms. The van der Waals surface area contributed by atoms with Crippen LogP contribution in [0.5, 0.6) is 11.5 Å². The Balaban J connectivity index is 1.33. The van der Waals surface area contributed by atoms with Gasteiger partial charge in [-0.05, 0) is 67.3 Å². The fourth-order valence-electron chi connectivity index (χ4n) is 3.65.